The van der Waals surface area contributed by atoms with Crippen molar-refractivity contribution in [3.63, 3.8) is 0 Å². The summed E-state index contributed by atoms with van der Waals surface area (Å²) in [6.07, 6.45) is 1.59. The average Bonchev–Trinajstić information content (AvgIpc) is 2.46. The van der Waals surface area contributed by atoms with Crippen molar-refractivity contribution in [2.45, 2.75) is 6.54 Å². The number of hydrogen-bond donors (Lipinski definition) is 0. The summed E-state index contributed by atoms with van der Waals surface area (Å²) in [4.78, 5) is 18.0. The van der Waals surface area contributed by atoms with Crippen molar-refractivity contribution >= 4 is 17.5 Å². The van der Waals surface area contributed by atoms with Crippen LogP contribution in [0.3, 0.4) is 0 Å². The van der Waals surface area contributed by atoms with Gasteiger partial charge in [-0.25, -0.2) is 4.98 Å². The van der Waals surface area contributed by atoms with E-state index in [1.807, 2.05) is 18.2 Å². The van der Waals surface area contributed by atoms with Crippen LogP contribution in [-0.2, 0) is 6.54 Å². The molecule has 0 radical (unpaired) electrons. The second kappa shape index (κ2) is 6.39. The number of benzene rings is 1. The van der Waals surface area contributed by atoms with Crippen LogP contribution in [0.15, 0.2) is 42.6 Å². The predicted octanol–water partition coefficient (Wildman–Crippen LogP) is 3.02. The van der Waals surface area contributed by atoms with Crippen LogP contribution >= 0.6 is 11.6 Å². The number of amides is 1. The molecule has 0 aliphatic heterocycles. The summed E-state index contributed by atoms with van der Waals surface area (Å²) in [5.74, 6) is 0.186. The van der Waals surface area contributed by atoms with E-state index in [2.05, 4.69) is 4.98 Å². The van der Waals surface area contributed by atoms with Crippen molar-refractivity contribution < 1.29 is 9.53 Å². The SMILES string of the molecule is COc1ncccc1C(=O)N(C)Cc1cccc(Cl)c1. The summed E-state index contributed by atoms with van der Waals surface area (Å²) in [5.41, 5.74) is 1.41. The molecule has 0 atom stereocenters. The molecule has 0 aliphatic carbocycles. The second-order valence-electron chi connectivity index (χ2n) is 4.35. The van der Waals surface area contributed by atoms with Crippen molar-refractivity contribution in [3.8, 4) is 5.88 Å². The molecular formula is C15H15ClN2O2. The van der Waals surface area contributed by atoms with Gasteiger partial charge in [-0.1, -0.05) is 23.7 Å². The molecule has 0 saturated heterocycles. The van der Waals surface area contributed by atoms with Crippen molar-refractivity contribution in [2.24, 2.45) is 0 Å². The van der Waals surface area contributed by atoms with Crippen LogP contribution < -0.4 is 4.74 Å². The Morgan fingerprint density at radius 2 is 2.15 bits per heavy atom. The molecule has 0 unspecified atom stereocenters. The third kappa shape index (κ3) is 3.27. The van der Waals surface area contributed by atoms with E-state index < -0.39 is 0 Å². The number of rotatable bonds is 4. The first-order valence-electron chi connectivity index (χ1n) is 6.10. The Bertz CT molecular complexity index is 616. The molecule has 1 aromatic heterocycles. The van der Waals surface area contributed by atoms with Gasteiger partial charge in [-0.2, -0.15) is 0 Å². The van der Waals surface area contributed by atoms with Gasteiger partial charge in [-0.15, -0.1) is 0 Å². The van der Waals surface area contributed by atoms with Crippen LogP contribution in [0.25, 0.3) is 0 Å². The molecule has 1 aromatic carbocycles. The quantitative estimate of drug-likeness (QED) is 0.869. The standard InChI is InChI=1S/C15H15ClN2O2/c1-18(10-11-5-3-6-12(16)9-11)15(19)13-7-4-8-17-14(13)20-2/h3-9H,10H2,1-2H3. The van der Waals surface area contributed by atoms with E-state index in [0.29, 0.717) is 23.0 Å². The van der Waals surface area contributed by atoms with Gasteiger partial charge in [0.1, 0.15) is 5.56 Å². The lowest BCUT2D eigenvalue weighted by Crippen LogP contribution is -2.26. The van der Waals surface area contributed by atoms with E-state index in [0.717, 1.165) is 5.56 Å². The third-order valence-electron chi connectivity index (χ3n) is 2.85. The molecule has 0 aliphatic rings. The maximum atomic E-state index is 12.4. The zero-order valence-corrected chi connectivity index (χ0v) is 12.1. The minimum absolute atomic E-state index is 0.144. The molecule has 5 heteroatoms. The fourth-order valence-corrected chi connectivity index (χ4v) is 2.12. The second-order valence-corrected chi connectivity index (χ2v) is 4.79. The lowest BCUT2D eigenvalue weighted by Gasteiger charge is -2.18. The number of hydrogen-bond acceptors (Lipinski definition) is 3. The van der Waals surface area contributed by atoms with Crippen LogP contribution in [0.4, 0.5) is 0 Å². The van der Waals surface area contributed by atoms with E-state index in [9.17, 15) is 4.79 Å². The average molecular weight is 291 g/mol. The van der Waals surface area contributed by atoms with Crippen molar-refractivity contribution in [3.05, 3.63) is 58.7 Å². The van der Waals surface area contributed by atoms with Gasteiger partial charge >= 0.3 is 0 Å². The van der Waals surface area contributed by atoms with Crippen molar-refractivity contribution in [1.82, 2.24) is 9.88 Å². The van der Waals surface area contributed by atoms with Gasteiger partial charge in [0.15, 0.2) is 0 Å². The topological polar surface area (TPSA) is 42.4 Å². The van der Waals surface area contributed by atoms with E-state index in [4.69, 9.17) is 16.3 Å². The third-order valence-corrected chi connectivity index (χ3v) is 3.09. The van der Waals surface area contributed by atoms with Gasteiger partial charge in [0.25, 0.3) is 5.91 Å². The lowest BCUT2D eigenvalue weighted by molar-refractivity contribution is 0.0781. The van der Waals surface area contributed by atoms with Crippen LogP contribution in [0, 0.1) is 0 Å². The fourth-order valence-electron chi connectivity index (χ4n) is 1.90. The molecule has 104 valence electrons. The number of carbonyl (C=O) groups is 1. The van der Waals surface area contributed by atoms with Gasteiger partial charge in [-0.3, -0.25) is 4.79 Å². The largest absolute Gasteiger partial charge is 0.480 e. The smallest absolute Gasteiger partial charge is 0.259 e. The van der Waals surface area contributed by atoms with Crippen molar-refractivity contribution in [1.29, 1.82) is 0 Å². The summed E-state index contributed by atoms with van der Waals surface area (Å²) < 4.78 is 5.11. The molecule has 2 aromatic rings. The summed E-state index contributed by atoms with van der Waals surface area (Å²) >= 11 is 5.94. The van der Waals surface area contributed by atoms with Crippen LogP contribution in [0.1, 0.15) is 15.9 Å². The van der Waals surface area contributed by atoms with Crippen LogP contribution in [0.5, 0.6) is 5.88 Å². The molecule has 20 heavy (non-hydrogen) atoms. The van der Waals surface area contributed by atoms with Gasteiger partial charge in [0.05, 0.1) is 7.11 Å². The first-order chi connectivity index (χ1) is 9.61. The Hall–Kier alpha value is -2.07. The van der Waals surface area contributed by atoms with E-state index in [1.165, 1.54) is 7.11 Å². The zero-order chi connectivity index (χ0) is 14.5. The molecule has 1 heterocycles. The predicted molar refractivity (Wildman–Crippen MR) is 78.0 cm³/mol. The van der Waals surface area contributed by atoms with Crippen LogP contribution in [-0.4, -0.2) is 29.9 Å². The first kappa shape index (κ1) is 14.3. The van der Waals surface area contributed by atoms with E-state index in [-0.39, 0.29) is 5.91 Å². The zero-order valence-electron chi connectivity index (χ0n) is 11.3. The molecule has 0 saturated carbocycles. The Labute approximate surface area is 123 Å². The van der Waals surface area contributed by atoms with Crippen LogP contribution in [0.2, 0.25) is 5.02 Å². The number of nitrogens with zero attached hydrogens (tertiary/aromatic N) is 2. The first-order valence-corrected chi connectivity index (χ1v) is 6.48. The highest BCUT2D eigenvalue weighted by Crippen LogP contribution is 2.18. The lowest BCUT2D eigenvalue weighted by atomic mass is 10.2. The molecule has 0 spiro atoms. The highest BCUT2D eigenvalue weighted by Gasteiger charge is 2.17. The number of carbonyl (C=O) groups excluding carboxylic acids is 1. The number of halogens is 1. The molecule has 1 amide bonds. The van der Waals surface area contributed by atoms with Crippen molar-refractivity contribution in [2.75, 3.05) is 14.2 Å². The number of pyridine rings is 1. The molecule has 4 nitrogen and oxygen atoms in total. The minimum Gasteiger partial charge on any atom is -0.480 e. The van der Waals surface area contributed by atoms with Gasteiger partial charge in [-0.05, 0) is 29.8 Å². The summed E-state index contributed by atoms with van der Waals surface area (Å²) in [6, 6.07) is 10.8. The van der Waals surface area contributed by atoms with E-state index >= 15 is 0 Å². The Balaban J connectivity index is 2.16. The van der Waals surface area contributed by atoms with Gasteiger partial charge in [0.2, 0.25) is 5.88 Å². The molecule has 0 N–H and O–H groups in total. The summed E-state index contributed by atoms with van der Waals surface area (Å²) in [5, 5.41) is 0.655. The highest BCUT2D eigenvalue weighted by molar-refractivity contribution is 6.30. The van der Waals surface area contributed by atoms with Gasteiger partial charge in [0, 0.05) is 24.8 Å². The summed E-state index contributed by atoms with van der Waals surface area (Å²) in [6.45, 7) is 0.470. The summed E-state index contributed by atoms with van der Waals surface area (Å²) in [7, 11) is 3.23. The Morgan fingerprint density at radius 3 is 2.85 bits per heavy atom. The maximum Gasteiger partial charge on any atom is 0.259 e. The maximum absolute atomic E-state index is 12.4. The Morgan fingerprint density at radius 1 is 1.35 bits per heavy atom. The number of aromatic nitrogens is 1. The van der Waals surface area contributed by atoms with Gasteiger partial charge < -0.3 is 9.64 Å². The van der Waals surface area contributed by atoms with E-state index in [1.54, 1.807) is 36.3 Å². The number of methoxy groups -OCH3 is 1. The monoisotopic (exact) mass is 290 g/mol. The minimum atomic E-state index is -0.144. The highest BCUT2D eigenvalue weighted by atomic mass is 35.5. The Kier molecular flexibility index (Phi) is 4.58. The number of ether oxygens (including phenoxy) is 1. The normalized spacial score (nSPS) is 10.2. The molecule has 2 rings (SSSR count). The fraction of sp³-hybridized carbons (Fsp3) is 0.200. The molecular weight excluding hydrogens is 276 g/mol. The molecule has 0 fully saturated rings. The molecule has 0 bridgehead atoms.